The van der Waals surface area contributed by atoms with Crippen LogP contribution in [-0.4, -0.2) is 13.2 Å². The van der Waals surface area contributed by atoms with Gasteiger partial charge in [0.25, 0.3) is 0 Å². The Kier molecular flexibility index (Phi) is 3.92. The van der Waals surface area contributed by atoms with Crippen molar-refractivity contribution in [2.24, 2.45) is 5.92 Å². The molecule has 1 aliphatic carbocycles. The van der Waals surface area contributed by atoms with Gasteiger partial charge in [-0.2, -0.15) is 0 Å². The van der Waals surface area contributed by atoms with E-state index in [2.05, 4.69) is 12.7 Å². The molecule has 0 bridgehead atoms. The minimum atomic E-state index is -3.39. The minimum Gasteiger partial charge on any atom is -0.223 e. The maximum Gasteiger partial charge on any atom is 0.187 e. The molecule has 0 heterocycles. The standard InChI is InChI=1S/C17H22O2S/c1-13(2)15-11-10-14(3)17(4,12-15)20(18,19)16-8-6-5-7-9-16/h5-10,15H,1,11-12H2,2-4H3/t15-,17+/m1/s1. The van der Waals surface area contributed by atoms with Crippen molar-refractivity contribution in [2.75, 3.05) is 0 Å². The molecule has 0 saturated carbocycles. The van der Waals surface area contributed by atoms with Gasteiger partial charge in [0.2, 0.25) is 0 Å². The number of hydrogen-bond acceptors (Lipinski definition) is 2. The first kappa shape index (κ1) is 15.0. The molecule has 0 spiro atoms. The highest BCUT2D eigenvalue weighted by Crippen LogP contribution is 2.43. The summed E-state index contributed by atoms with van der Waals surface area (Å²) in [5.74, 6) is 0.238. The molecule has 0 aliphatic heterocycles. The second kappa shape index (κ2) is 5.21. The van der Waals surface area contributed by atoms with Gasteiger partial charge in [0, 0.05) is 0 Å². The molecular weight excluding hydrogens is 268 g/mol. The van der Waals surface area contributed by atoms with Gasteiger partial charge in [-0.25, -0.2) is 8.42 Å². The molecular formula is C17H22O2S. The van der Waals surface area contributed by atoms with Gasteiger partial charge in [0.05, 0.1) is 9.64 Å². The molecule has 108 valence electrons. The first-order valence-electron chi connectivity index (χ1n) is 6.91. The summed E-state index contributed by atoms with van der Waals surface area (Å²) in [5.41, 5.74) is 2.00. The van der Waals surface area contributed by atoms with E-state index >= 15 is 0 Å². The summed E-state index contributed by atoms with van der Waals surface area (Å²) in [6, 6.07) is 8.74. The molecule has 3 heteroatoms. The average molecular weight is 290 g/mol. The molecule has 0 saturated heterocycles. The molecule has 1 aromatic rings. The number of hydrogen-bond donors (Lipinski definition) is 0. The van der Waals surface area contributed by atoms with Gasteiger partial charge >= 0.3 is 0 Å². The van der Waals surface area contributed by atoms with Crippen LogP contribution in [0, 0.1) is 5.92 Å². The Balaban J connectivity index is 2.51. The van der Waals surface area contributed by atoms with E-state index in [0.717, 1.165) is 17.6 Å². The van der Waals surface area contributed by atoms with Crippen molar-refractivity contribution >= 4 is 9.84 Å². The van der Waals surface area contributed by atoms with E-state index in [0.29, 0.717) is 11.3 Å². The fraction of sp³-hybridized carbons (Fsp3) is 0.412. The van der Waals surface area contributed by atoms with E-state index < -0.39 is 14.6 Å². The second-order valence-corrected chi connectivity index (χ2v) is 8.30. The predicted molar refractivity (Wildman–Crippen MR) is 83.3 cm³/mol. The third-order valence-electron chi connectivity index (χ3n) is 4.52. The minimum absolute atomic E-state index is 0.238. The van der Waals surface area contributed by atoms with Crippen molar-refractivity contribution in [2.45, 2.75) is 43.3 Å². The molecule has 0 unspecified atom stereocenters. The molecule has 0 aromatic heterocycles. The monoisotopic (exact) mass is 290 g/mol. The molecule has 20 heavy (non-hydrogen) atoms. The Bertz CT molecular complexity index is 641. The van der Waals surface area contributed by atoms with Crippen LogP contribution in [0.25, 0.3) is 0 Å². The highest BCUT2D eigenvalue weighted by molar-refractivity contribution is 7.93. The van der Waals surface area contributed by atoms with Crippen molar-refractivity contribution in [3.05, 3.63) is 54.1 Å². The van der Waals surface area contributed by atoms with Crippen molar-refractivity contribution in [1.82, 2.24) is 0 Å². The highest BCUT2D eigenvalue weighted by atomic mass is 32.2. The fourth-order valence-electron chi connectivity index (χ4n) is 2.81. The summed E-state index contributed by atoms with van der Waals surface area (Å²) < 4.78 is 25.2. The number of rotatable bonds is 3. The number of benzene rings is 1. The quantitative estimate of drug-likeness (QED) is 0.784. The van der Waals surface area contributed by atoms with Gasteiger partial charge in [0.15, 0.2) is 9.84 Å². The maximum atomic E-state index is 13.0. The normalized spacial score (nSPS) is 26.9. The zero-order valence-corrected chi connectivity index (χ0v) is 13.2. The highest BCUT2D eigenvalue weighted by Gasteiger charge is 2.45. The second-order valence-electron chi connectivity index (χ2n) is 5.92. The first-order valence-corrected chi connectivity index (χ1v) is 8.39. The summed E-state index contributed by atoms with van der Waals surface area (Å²) in [6.45, 7) is 9.75. The SMILES string of the molecule is C=C(C)[C@@H]1CC=C(C)[C@@](C)(S(=O)(=O)c2ccccc2)C1. The van der Waals surface area contributed by atoms with Gasteiger partial charge < -0.3 is 0 Å². The third-order valence-corrected chi connectivity index (χ3v) is 7.09. The fourth-order valence-corrected chi connectivity index (χ4v) is 4.77. The van der Waals surface area contributed by atoms with Crippen molar-refractivity contribution < 1.29 is 8.42 Å². The molecule has 0 N–H and O–H groups in total. The van der Waals surface area contributed by atoms with Crippen LogP contribution in [0.5, 0.6) is 0 Å². The lowest BCUT2D eigenvalue weighted by atomic mass is 9.79. The van der Waals surface area contributed by atoms with Crippen molar-refractivity contribution in [1.29, 1.82) is 0 Å². The molecule has 0 radical (unpaired) electrons. The van der Waals surface area contributed by atoms with Crippen LogP contribution in [0.3, 0.4) is 0 Å². The lowest BCUT2D eigenvalue weighted by Crippen LogP contribution is -2.41. The van der Waals surface area contributed by atoms with E-state index in [1.54, 1.807) is 24.3 Å². The molecule has 2 rings (SSSR count). The van der Waals surface area contributed by atoms with Crippen LogP contribution in [0.15, 0.2) is 59.0 Å². The number of allylic oxidation sites excluding steroid dienone is 2. The van der Waals surface area contributed by atoms with Crippen LogP contribution in [-0.2, 0) is 9.84 Å². The van der Waals surface area contributed by atoms with E-state index in [-0.39, 0.29) is 5.92 Å². The summed E-state index contributed by atoms with van der Waals surface area (Å²) in [4.78, 5) is 0.401. The first-order chi connectivity index (χ1) is 9.29. The molecule has 1 aromatic carbocycles. The Morgan fingerprint density at radius 3 is 2.45 bits per heavy atom. The smallest absolute Gasteiger partial charge is 0.187 e. The van der Waals surface area contributed by atoms with Gasteiger partial charge in [0.1, 0.15) is 0 Å². The third kappa shape index (κ3) is 2.35. The van der Waals surface area contributed by atoms with Crippen LogP contribution in [0.4, 0.5) is 0 Å². The van der Waals surface area contributed by atoms with Crippen molar-refractivity contribution in [3.8, 4) is 0 Å². The average Bonchev–Trinajstić information content (AvgIpc) is 2.42. The molecule has 2 nitrogen and oxygen atoms in total. The lowest BCUT2D eigenvalue weighted by Gasteiger charge is -2.37. The van der Waals surface area contributed by atoms with Gasteiger partial charge in [-0.1, -0.05) is 42.0 Å². The molecule has 0 fully saturated rings. The van der Waals surface area contributed by atoms with Gasteiger partial charge in [-0.3, -0.25) is 0 Å². The van der Waals surface area contributed by atoms with Crippen LogP contribution in [0.1, 0.15) is 33.6 Å². The van der Waals surface area contributed by atoms with E-state index in [9.17, 15) is 8.42 Å². The summed E-state index contributed by atoms with van der Waals surface area (Å²) >= 11 is 0. The topological polar surface area (TPSA) is 34.1 Å². The van der Waals surface area contributed by atoms with E-state index in [1.807, 2.05) is 26.8 Å². The van der Waals surface area contributed by atoms with E-state index in [1.165, 1.54) is 0 Å². The summed E-state index contributed by atoms with van der Waals surface area (Å²) in [5, 5.41) is 0. The Morgan fingerprint density at radius 2 is 1.90 bits per heavy atom. The zero-order valence-electron chi connectivity index (χ0n) is 12.4. The molecule has 2 atom stereocenters. The lowest BCUT2D eigenvalue weighted by molar-refractivity contribution is 0.449. The van der Waals surface area contributed by atoms with Crippen molar-refractivity contribution in [3.63, 3.8) is 0 Å². The number of sulfone groups is 1. The zero-order chi connectivity index (χ0) is 15.0. The van der Waals surface area contributed by atoms with E-state index in [4.69, 9.17) is 0 Å². The molecule has 0 amide bonds. The van der Waals surface area contributed by atoms with Crippen LogP contribution in [0.2, 0.25) is 0 Å². The van der Waals surface area contributed by atoms with Crippen LogP contribution >= 0.6 is 0 Å². The Labute approximate surface area is 122 Å². The summed E-state index contributed by atoms with van der Waals surface area (Å²) in [7, 11) is -3.39. The van der Waals surface area contributed by atoms with Gasteiger partial charge in [-0.15, -0.1) is 0 Å². The summed E-state index contributed by atoms with van der Waals surface area (Å²) in [6.07, 6.45) is 3.56. The van der Waals surface area contributed by atoms with Crippen LogP contribution < -0.4 is 0 Å². The molecule has 1 aliphatic rings. The van der Waals surface area contributed by atoms with Gasteiger partial charge in [-0.05, 0) is 51.7 Å². The Hall–Kier alpha value is -1.35. The largest absolute Gasteiger partial charge is 0.223 e. The Morgan fingerprint density at radius 1 is 1.30 bits per heavy atom. The predicted octanol–water partition coefficient (Wildman–Crippen LogP) is 4.15. The maximum absolute atomic E-state index is 13.0.